The van der Waals surface area contributed by atoms with Gasteiger partial charge in [-0.15, -0.1) is 0 Å². The normalized spacial score (nSPS) is 11.7. The van der Waals surface area contributed by atoms with Crippen molar-refractivity contribution in [3.8, 4) is 0 Å². The average molecular weight is 872 g/mol. The minimum absolute atomic E-state index is 0. The van der Waals surface area contributed by atoms with Crippen molar-refractivity contribution in [2.45, 2.75) is 206 Å². The molecule has 0 spiro atoms. The first-order chi connectivity index (χ1) is 27.3. The monoisotopic (exact) mass is 871 g/mol. The fourth-order valence-corrected chi connectivity index (χ4v) is 6.92. The van der Waals surface area contributed by atoms with Gasteiger partial charge >= 0.3 is 11.9 Å². The zero-order valence-corrected chi connectivity index (χ0v) is 39.3. The van der Waals surface area contributed by atoms with Gasteiger partial charge < -0.3 is 40.9 Å². The van der Waals surface area contributed by atoms with Crippen molar-refractivity contribution in [3.63, 3.8) is 0 Å². The van der Waals surface area contributed by atoms with Crippen LogP contribution >= 0.6 is 0 Å². The summed E-state index contributed by atoms with van der Waals surface area (Å²) >= 11 is 0. The van der Waals surface area contributed by atoms with E-state index in [9.17, 15) is 19.5 Å². The molecule has 0 aromatic rings. The number of carbonyl (C=O) groups excluding carboxylic acids is 3. The number of carbonyl (C=O) groups is 3. The van der Waals surface area contributed by atoms with E-state index in [1.807, 2.05) is 14.1 Å². The molecule has 0 saturated carbocycles. The lowest BCUT2D eigenvalue weighted by molar-refractivity contribution is -0.890. The standard InChI is InChI=1S/C48H91N2O6.BrH/c1-5-7-9-11-13-15-17-19-21-23-25-27-29-31-33-37-47(53)55-44-39-49(46(52)36-35-41-50(3,4)42-43-51)40-45-56-48(54)38-34-32-30-28-26-24-22-20-18-16-14-12-10-8-6-2;/h19-22,51H,5-18,23-45H2,1-4H3;1H/q+1;/p-1/b21-19-,22-20-;. The van der Waals surface area contributed by atoms with Crippen molar-refractivity contribution in [2.75, 3.05) is 60.1 Å². The molecule has 0 aliphatic rings. The van der Waals surface area contributed by atoms with Crippen molar-refractivity contribution in [1.82, 2.24) is 4.90 Å². The van der Waals surface area contributed by atoms with E-state index in [4.69, 9.17) is 9.47 Å². The van der Waals surface area contributed by atoms with E-state index in [2.05, 4.69) is 38.2 Å². The molecule has 0 atom stereocenters. The molecule has 57 heavy (non-hydrogen) atoms. The van der Waals surface area contributed by atoms with E-state index in [0.29, 0.717) is 36.7 Å². The van der Waals surface area contributed by atoms with Crippen molar-refractivity contribution in [1.29, 1.82) is 0 Å². The Morgan fingerprint density at radius 3 is 1.21 bits per heavy atom. The molecule has 336 valence electrons. The van der Waals surface area contributed by atoms with Gasteiger partial charge in [0.1, 0.15) is 19.8 Å². The second-order valence-electron chi connectivity index (χ2n) is 16.7. The van der Waals surface area contributed by atoms with Crippen LogP contribution in [0.5, 0.6) is 0 Å². The number of esters is 2. The van der Waals surface area contributed by atoms with E-state index >= 15 is 0 Å². The summed E-state index contributed by atoms with van der Waals surface area (Å²) in [5, 5.41) is 9.33. The number of aliphatic hydroxyl groups is 1. The highest BCUT2D eigenvalue weighted by Crippen LogP contribution is 2.13. The molecule has 1 amide bonds. The molecule has 1 N–H and O–H groups in total. The van der Waals surface area contributed by atoms with Gasteiger partial charge in [-0.25, -0.2) is 0 Å². The maximum atomic E-state index is 13.2. The smallest absolute Gasteiger partial charge is 0.305 e. The Kier molecular flexibility index (Phi) is 44.2. The molecule has 0 aromatic carbocycles. The van der Waals surface area contributed by atoms with Crippen LogP contribution < -0.4 is 17.0 Å². The third-order valence-corrected chi connectivity index (χ3v) is 10.7. The Balaban J connectivity index is 0. The highest BCUT2D eigenvalue weighted by atomic mass is 79.9. The Labute approximate surface area is 362 Å². The first-order valence-corrected chi connectivity index (χ1v) is 23.6. The number of unbranched alkanes of at least 4 members (excludes halogenated alkanes) is 22. The molecule has 0 heterocycles. The van der Waals surface area contributed by atoms with E-state index in [0.717, 1.165) is 57.9 Å². The summed E-state index contributed by atoms with van der Waals surface area (Å²) in [6.45, 7) is 6.90. The molecule has 0 rings (SSSR count). The Morgan fingerprint density at radius 2 is 0.842 bits per heavy atom. The van der Waals surface area contributed by atoms with E-state index in [1.54, 1.807) is 4.90 Å². The van der Waals surface area contributed by atoms with Crippen LogP contribution in [-0.2, 0) is 23.9 Å². The minimum Gasteiger partial charge on any atom is -1.00 e. The lowest BCUT2D eigenvalue weighted by atomic mass is 10.1. The second-order valence-corrected chi connectivity index (χ2v) is 16.7. The second kappa shape index (κ2) is 43.9. The third-order valence-electron chi connectivity index (χ3n) is 10.7. The number of amides is 1. The van der Waals surface area contributed by atoms with Gasteiger partial charge in [0, 0.05) is 25.7 Å². The number of likely N-dealkylation sites (N-methyl/N-ethyl adjacent to an activating group) is 1. The number of allylic oxidation sites excluding steroid dienone is 4. The van der Waals surface area contributed by atoms with E-state index in [-0.39, 0.29) is 67.7 Å². The maximum absolute atomic E-state index is 13.2. The van der Waals surface area contributed by atoms with Crippen molar-refractivity contribution in [2.24, 2.45) is 0 Å². The number of rotatable bonds is 42. The summed E-state index contributed by atoms with van der Waals surface area (Å²) in [6, 6.07) is 0. The maximum Gasteiger partial charge on any atom is 0.305 e. The van der Waals surface area contributed by atoms with Crippen LogP contribution in [0.4, 0.5) is 0 Å². The Morgan fingerprint density at radius 1 is 0.491 bits per heavy atom. The fourth-order valence-electron chi connectivity index (χ4n) is 6.92. The van der Waals surface area contributed by atoms with Crippen LogP contribution in [0.1, 0.15) is 206 Å². The van der Waals surface area contributed by atoms with Crippen molar-refractivity contribution < 1.29 is 50.4 Å². The predicted molar refractivity (Wildman–Crippen MR) is 236 cm³/mol. The number of hydrogen-bond donors (Lipinski definition) is 1. The van der Waals surface area contributed by atoms with Crippen molar-refractivity contribution in [3.05, 3.63) is 24.3 Å². The summed E-state index contributed by atoms with van der Waals surface area (Å²) in [5.74, 6) is -0.468. The highest BCUT2D eigenvalue weighted by molar-refractivity contribution is 5.76. The zero-order valence-electron chi connectivity index (χ0n) is 37.7. The number of ether oxygens (including phenoxy) is 2. The molecule has 9 heteroatoms. The fraction of sp³-hybridized carbons (Fsp3) is 0.854. The molecule has 0 fully saturated rings. The van der Waals surface area contributed by atoms with Crippen LogP contribution in [0.25, 0.3) is 0 Å². The van der Waals surface area contributed by atoms with Gasteiger partial charge in [-0.1, -0.05) is 141 Å². The number of nitrogens with zero attached hydrogens (tertiary/aromatic N) is 2. The summed E-state index contributed by atoms with van der Waals surface area (Å²) in [4.78, 5) is 39.7. The summed E-state index contributed by atoms with van der Waals surface area (Å²) in [7, 11) is 4.09. The predicted octanol–water partition coefficient (Wildman–Crippen LogP) is 8.83. The minimum atomic E-state index is -0.218. The average Bonchev–Trinajstić information content (AvgIpc) is 3.17. The van der Waals surface area contributed by atoms with Gasteiger partial charge in [0.05, 0.1) is 40.3 Å². The van der Waals surface area contributed by atoms with Gasteiger partial charge in [-0.05, 0) is 64.2 Å². The topological polar surface area (TPSA) is 93.1 Å². The van der Waals surface area contributed by atoms with E-state index in [1.165, 1.54) is 116 Å². The van der Waals surface area contributed by atoms with Gasteiger partial charge in [-0.3, -0.25) is 14.4 Å². The van der Waals surface area contributed by atoms with Crippen LogP contribution in [0.2, 0.25) is 0 Å². The largest absolute Gasteiger partial charge is 1.00 e. The van der Waals surface area contributed by atoms with Gasteiger partial charge in [-0.2, -0.15) is 0 Å². The zero-order chi connectivity index (χ0) is 41.2. The molecule has 0 radical (unpaired) electrons. The van der Waals surface area contributed by atoms with Crippen LogP contribution in [0.3, 0.4) is 0 Å². The lowest BCUT2D eigenvalue weighted by Gasteiger charge is -2.29. The SMILES string of the molecule is CCCCCCCC/C=C\CCCCCCCC(=O)OCCN(CCOC(=O)CCCCCCC/C=C\CCCCCCCC)C(=O)CCC[N+](C)(C)CCO.[Br-]. The summed E-state index contributed by atoms with van der Waals surface area (Å²) in [5.41, 5.74) is 0. The van der Waals surface area contributed by atoms with Crippen LogP contribution in [-0.4, -0.2) is 92.4 Å². The number of hydrogen-bond acceptors (Lipinski definition) is 6. The van der Waals surface area contributed by atoms with E-state index < -0.39 is 0 Å². The van der Waals surface area contributed by atoms with Crippen molar-refractivity contribution >= 4 is 17.8 Å². The molecule has 8 nitrogen and oxygen atoms in total. The highest BCUT2D eigenvalue weighted by Gasteiger charge is 2.19. The first-order valence-electron chi connectivity index (χ1n) is 23.6. The molecule has 0 aliphatic heterocycles. The van der Waals surface area contributed by atoms with Gasteiger partial charge in [0.25, 0.3) is 0 Å². The number of quaternary nitrogens is 1. The molecule has 0 aliphatic carbocycles. The quantitative estimate of drug-likeness (QED) is 0.0286. The summed E-state index contributed by atoms with van der Waals surface area (Å²) in [6.07, 6.45) is 42.8. The van der Waals surface area contributed by atoms with Crippen LogP contribution in [0.15, 0.2) is 24.3 Å². The first kappa shape index (κ1) is 57.4. The summed E-state index contributed by atoms with van der Waals surface area (Å²) < 4.78 is 11.7. The molecular weight excluding hydrogens is 780 g/mol. The van der Waals surface area contributed by atoms with Crippen LogP contribution in [0, 0.1) is 0 Å². The molecule has 0 bridgehead atoms. The van der Waals surface area contributed by atoms with Gasteiger partial charge in [0.15, 0.2) is 0 Å². The molecular formula is C48H91BrN2O6. The Hall–Kier alpha value is -1.71. The lowest BCUT2D eigenvalue weighted by Crippen LogP contribution is -3.00. The number of halogens is 1. The number of aliphatic hydroxyl groups excluding tert-OH is 1. The Bertz CT molecular complexity index is 915. The van der Waals surface area contributed by atoms with Gasteiger partial charge in [0.2, 0.25) is 5.91 Å². The molecule has 0 unspecified atom stereocenters. The molecule has 0 saturated heterocycles. The molecule has 0 aromatic heterocycles. The third kappa shape index (κ3) is 42.2.